The van der Waals surface area contributed by atoms with Crippen LogP contribution in [0.25, 0.3) is 10.2 Å². The van der Waals surface area contributed by atoms with E-state index in [0.29, 0.717) is 0 Å². The van der Waals surface area contributed by atoms with E-state index in [-0.39, 0.29) is 0 Å². The van der Waals surface area contributed by atoms with Crippen molar-refractivity contribution in [1.82, 2.24) is 9.97 Å². The van der Waals surface area contributed by atoms with E-state index in [2.05, 4.69) is 38.7 Å². The van der Waals surface area contributed by atoms with Gasteiger partial charge in [0.25, 0.3) is 0 Å². The van der Waals surface area contributed by atoms with Crippen molar-refractivity contribution in [3.63, 3.8) is 0 Å². The van der Waals surface area contributed by atoms with Gasteiger partial charge in [-0.3, -0.25) is 0 Å². The van der Waals surface area contributed by atoms with Gasteiger partial charge >= 0.3 is 0 Å². The van der Waals surface area contributed by atoms with Crippen LogP contribution in [-0.2, 0) is 19.4 Å². The maximum absolute atomic E-state index is 4.59. The molecular weight excluding hydrogens is 298 g/mol. The fourth-order valence-electron chi connectivity index (χ4n) is 3.09. The molecule has 0 fully saturated rings. The van der Waals surface area contributed by atoms with Gasteiger partial charge in [-0.1, -0.05) is 0 Å². The molecule has 3 nitrogen and oxygen atoms in total. The molecule has 0 aromatic carbocycles. The van der Waals surface area contributed by atoms with Crippen LogP contribution in [0.1, 0.15) is 28.8 Å². The van der Waals surface area contributed by atoms with Gasteiger partial charge in [-0.25, -0.2) is 9.97 Å². The van der Waals surface area contributed by atoms with Crippen molar-refractivity contribution in [2.75, 3.05) is 11.9 Å². The van der Waals surface area contributed by atoms with E-state index in [1.165, 1.54) is 47.1 Å². The van der Waals surface area contributed by atoms with Gasteiger partial charge in [0.05, 0.1) is 5.39 Å². The van der Waals surface area contributed by atoms with Crippen molar-refractivity contribution < 1.29 is 0 Å². The molecule has 0 saturated heterocycles. The highest BCUT2D eigenvalue weighted by Crippen LogP contribution is 2.39. The largest absolute Gasteiger partial charge is 0.355 e. The standard InChI is InChI=1S/C16H17N3S2/c1-19(8-11-6-7-20-9-11)15-14-12-4-2-3-5-13(12)21-16(14)18-10-17-15/h6-7,9-10H,2-5,8H2,1H3. The second kappa shape index (κ2) is 5.39. The normalized spacial score (nSPS) is 14.3. The summed E-state index contributed by atoms with van der Waals surface area (Å²) in [7, 11) is 2.13. The van der Waals surface area contributed by atoms with Crippen molar-refractivity contribution >= 4 is 38.7 Å². The molecule has 0 unspecified atom stereocenters. The van der Waals surface area contributed by atoms with Crippen molar-refractivity contribution in [2.24, 2.45) is 0 Å². The highest BCUT2D eigenvalue weighted by atomic mass is 32.1. The van der Waals surface area contributed by atoms with Crippen molar-refractivity contribution in [1.29, 1.82) is 0 Å². The van der Waals surface area contributed by atoms with Crippen molar-refractivity contribution in [3.05, 3.63) is 39.2 Å². The predicted molar refractivity (Wildman–Crippen MR) is 90.5 cm³/mol. The van der Waals surface area contributed by atoms with E-state index in [0.717, 1.165) is 17.2 Å². The van der Waals surface area contributed by atoms with Crippen molar-refractivity contribution in [2.45, 2.75) is 32.2 Å². The number of thiophene rings is 2. The first-order chi connectivity index (χ1) is 10.3. The number of anilines is 1. The molecule has 4 rings (SSSR count). The molecular formula is C16H17N3S2. The number of hydrogen-bond acceptors (Lipinski definition) is 5. The smallest absolute Gasteiger partial charge is 0.141 e. The van der Waals surface area contributed by atoms with E-state index in [4.69, 9.17) is 0 Å². The first-order valence-corrected chi connectivity index (χ1v) is 9.06. The Kier molecular flexibility index (Phi) is 3.39. The minimum absolute atomic E-state index is 0.903. The van der Waals surface area contributed by atoms with Crippen LogP contribution in [0.3, 0.4) is 0 Å². The first kappa shape index (κ1) is 13.2. The van der Waals surface area contributed by atoms with Crippen LogP contribution >= 0.6 is 22.7 Å². The molecule has 0 atom stereocenters. The van der Waals surface area contributed by atoms with Crippen LogP contribution in [0.2, 0.25) is 0 Å². The SMILES string of the molecule is CN(Cc1ccsc1)c1ncnc2sc3c(c12)CCCC3. The molecule has 0 bridgehead atoms. The molecule has 3 aromatic heterocycles. The third kappa shape index (κ3) is 2.34. The Labute approximate surface area is 132 Å². The number of fused-ring (bicyclic) bond motifs is 3. The van der Waals surface area contributed by atoms with Crippen LogP contribution in [0.5, 0.6) is 0 Å². The summed E-state index contributed by atoms with van der Waals surface area (Å²) in [6.45, 7) is 0.903. The van der Waals surface area contributed by atoms with Crippen LogP contribution < -0.4 is 4.90 Å². The van der Waals surface area contributed by atoms with Crippen molar-refractivity contribution in [3.8, 4) is 0 Å². The number of aromatic nitrogens is 2. The van der Waals surface area contributed by atoms with Crippen LogP contribution in [0, 0.1) is 0 Å². The lowest BCUT2D eigenvalue weighted by Gasteiger charge is -2.19. The first-order valence-electron chi connectivity index (χ1n) is 7.30. The second-order valence-corrected chi connectivity index (χ2v) is 7.44. The summed E-state index contributed by atoms with van der Waals surface area (Å²) in [5.41, 5.74) is 2.85. The summed E-state index contributed by atoms with van der Waals surface area (Å²) in [4.78, 5) is 14.0. The molecule has 0 amide bonds. The number of nitrogens with zero attached hydrogens (tertiary/aromatic N) is 3. The fraction of sp³-hybridized carbons (Fsp3) is 0.375. The average molecular weight is 315 g/mol. The highest BCUT2D eigenvalue weighted by molar-refractivity contribution is 7.19. The molecule has 0 N–H and O–H groups in total. The molecule has 0 spiro atoms. The number of hydrogen-bond donors (Lipinski definition) is 0. The zero-order chi connectivity index (χ0) is 14.2. The molecule has 3 aromatic rings. The average Bonchev–Trinajstić information content (AvgIpc) is 3.13. The third-order valence-electron chi connectivity index (χ3n) is 4.09. The maximum Gasteiger partial charge on any atom is 0.141 e. The van der Waals surface area contributed by atoms with E-state index >= 15 is 0 Å². The zero-order valence-corrected chi connectivity index (χ0v) is 13.6. The Morgan fingerprint density at radius 1 is 1.24 bits per heavy atom. The maximum atomic E-state index is 4.59. The summed E-state index contributed by atoms with van der Waals surface area (Å²) in [5, 5.41) is 5.64. The van der Waals surface area contributed by atoms with Gasteiger partial charge in [-0.2, -0.15) is 11.3 Å². The Balaban J connectivity index is 1.79. The fourth-order valence-corrected chi connectivity index (χ4v) is 4.98. The van der Waals surface area contributed by atoms with Gasteiger partial charge in [0.1, 0.15) is 17.0 Å². The summed E-state index contributed by atoms with van der Waals surface area (Å²) in [6, 6.07) is 2.18. The third-order valence-corrected chi connectivity index (χ3v) is 6.02. The lowest BCUT2D eigenvalue weighted by atomic mass is 9.97. The summed E-state index contributed by atoms with van der Waals surface area (Å²) >= 11 is 3.61. The molecule has 1 aliphatic rings. The lowest BCUT2D eigenvalue weighted by molar-refractivity contribution is 0.700. The van der Waals surface area contributed by atoms with Gasteiger partial charge in [-0.05, 0) is 53.6 Å². The Morgan fingerprint density at radius 3 is 3.00 bits per heavy atom. The van der Waals surface area contributed by atoms with E-state index in [9.17, 15) is 0 Å². The van der Waals surface area contributed by atoms with Gasteiger partial charge < -0.3 is 4.90 Å². The monoisotopic (exact) mass is 315 g/mol. The number of rotatable bonds is 3. The molecule has 0 saturated carbocycles. The highest BCUT2D eigenvalue weighted by Gasteiger charge is 2.21. The zero-order valence-electron chi connectivity index (χ0n) is 12.0. The Morgan fingerprint density at radius 2 is 2.14 bits per heavy atom. The van der Waals surface area contributed by atoms with E-state index in [1.807, 2.05) is 11.3 Å². The lowest BCUT2D eigenvalue weighted by Crippen LogP contribution is -2.18. The molecule has 5 heteroatoms. The molecule has 0 radical (unpaired) electrons. The molecule has 1 aliphatic carbocycles. The van der Waals surface area contributed by atoms with E-state index < -0.39 is 0 Å². The summed E-state index contributed by atoms with van der Waals surface area (Å²) in [5.74, 6) is 1.09. The molecule has 108 valence electrons. The summed E-state index contributed by atoms with van der Waals surface area (Å²) in [6.07, 6.45) is 6.71. The summed E-state index contributed by atoms with van der Waals surface area (Å²) < 4.78 is 0. The van der Waals surface area contributed by atoms with E-state index in [1.54, 1.807) is 17.7 Å². The minimum atomic E-state index is 0.903. The molecule has 0 aliphatic heterocycles. The predicted octanol–water partition coefficient (Wildman–Crippen LogP) is 4.27. The van der Waals surface area contributed by atoms with Gasteiger partial charge in [-0.15, -0.1) is 11.3 Å². The Bertz CT molecular complexity index is 761. The van der Waals surface area contributed by atoms with Crippen LogP contribution in [0.15, 0.2) is 23.2 Å². The van der Waals surface area contributed by atoms with Gasteiger partial charge in [0.2, 0.25) is 0 Å². The van der Waals surface area contributed by atoms with Crippen LogP contribution in [-0.4, -0.2) is 17.0 Å². The number of aryl methyl sites for hydroxylation is 2. The minimum Gasteiger partial charge on any atom is -0.355 e. The quantitative estimate of drug-likeness (QED) is 0.723. The second-order valence-electron chi connectivity index (χ2n) is 5.58. The van der Waals surface area contributed by atoms with Gasteiger partial charge in [0, 0.05) is 18.5 Å². The Hall–Kier alpha value is -1.46. The van der Waals surface area contributed by atoms with Gasteiger partial charge in [0.15, 0.2) is 0 Å². The molecule has 21 heavy (non-hydrogen) atoms. The molecule has 3 heterocycles. The topological polar surface area (TPSA) is 29.0 Å². The van der Waals surface area contributed by atoms with Crippen LogP contribution in [0.4, 0.5) is 5.82 Å².